The molecule has 2 fully saturated rings. The zero-order valence-electron chi connectivity index (χ0n) is 14.4. The van der Waals surface area contributed by atoms with Crippen LogP contribution in [0, 0.1) is 5.82 Å². The maximum atomic E-state index is 14.3. The van der Waals surface area contributed by atoms with E-state index in [0.29, 0.717) is 31.7 Å². The minimum absolute atomic E-state index is 0.0229. The Labute approximate surface area is 150 Å². The second-order valence-corrected chi connectivity index (χ2v) is 6.63. The molecule has 2 heterocycles. The number of piperidine rings is 1. The van der Waals surface area contributed by atoms with Crippen molar-refractivity contribution in [3.63, 3.8) is 0 Å². The van der Waals surface area contributed by atoms with Crippen LogP contribution in [-0.2, 0) is 4.79 Å². The van der Waals surface area contributed by atoms with Gasteiger partial charge in [-0.05, 0) is 43.9 Å². The van der Waals surface area contributed by atoms with E-state index in [-0.39, 0.29) is 24.1 Å². The molecule has 0 spiro atoms. The minimum Gasteiger partial charge on any atom is -0.481 e. The maximum absolute atomic E-state index is 14.3. The molecule has 1 unspecified atom stereocenters. The molecule has 3 amide bonds. The first-order valence-electron chi connectivity index (χ1n) is 8.85. The summed E-state index contributed by atoms with van der Waals surface area (Å²) in [6, 6.07) is 3.61. The standard InChI is InChI=1S/C18H22FN3O4/c19-15-6-4-13(22-10-8-20-18(22)26)11-14(15)17(25)21-9-2-1-3-12(21)5-7-16(23)24/h4,6,11-12H,1-3,5,7-10H2,(H,20,26)(H,23,24). The van der Waals surface area contributed by atoms with Gasteiger partial charge in [0.05, 0.1) is 5.56 Å². The number of anilines is 1. The summed E-state index contributed by atoms with van der Waals surface area (Å²) >= 11 is 0. The lowest BCUT2D eigenvalue weighted by Gasteiger charge is -2.36. The number of rotatable bonds is 5. The maximum Gasteiger partial charge on any atom is 0.321 e. The number of nitrogens with one attached hydrogen (secondary N) is 1. The van der Waals surface area contributed by atoms with Crippen LogP contribution < -0.4 is 10.2 Å². The van der Waals surface area contributed by atoms with Gasteiger partial charge >= 0.3 is 12.0 Å². The van der Waals surface area contributed by atoms with Crippen molar-refractivity contribution in [2.24, 2.45) is 0 Å². The van der Waals surface area contributed by atoms with Crippen LogP contribution in [0.5, 0.6) is 0 Å². The number of aliphatic carboxylic acids is 1. The van der Waals surface area contributed by atoms with Crippen molar-refractivity contribution in [1.29, 1.82) is 0 Å². The number of carbonyl (C=O) groups excluding carboxylic acids is 2. The van der Waals surface area contributed by atoms with Crippen molar-refractivity contribution in [3.8, 4) is 0 Å². The van der Waals surface area contributed by atoms with Crippen LogP contribution in [0.1, 0.15) is 42.5 Å². The highest BCUT2D eigenvalue weighted by Gasteiger charge is 2.30. The van der Waals surface area contributed by atoms with Crippen molar-refractivity contribution in [3.05, 3.63) is 29.6 Å². The molecule has 0 saturated carbocycles. The van der Waals surface area contributed by atoms with Crippen molar-refractivity contribution in [2.45, 2.75) is 38.1 Å². The Hall–Kier alpha value is -2.64. The zero-order valence-corrected chi connectivity index (χ0v) is 14.4. The van der Waals surface area contributed by atoms with Gasteiger partial charge in [0.2, 0.25) is 0 Å². The second-order valence-electron chi connectivity index (χ2n) is 6.63. The lowest BCUT2D eigenvalue weighted by atomic mass is 9.96. The van der Waals surface area contributed by atoms with Gasteiger partial charge in [0.1, 0.15) is 5.82 Å². The number of hydrogen-bond donors (Lipinski definition) is 2. The molecule has 1 aromatic rings. The van der Waals surface area contributed by atoms with Crippen molar-refractivity contribution in [1.82, 2.24) is 10.2 Å². The molecule has 3 rings (SSSR count). The Morgan fingerprint density at radius 1 is 1.27 bits per heavy atom. The molecule has 140 valence electrons. The zero-order chi connectivity index (χ0) is 18.7. The molecule has 2 aliphatic heterocycles. The highest BCUT2D eigenvalue weighted by molar-refractivity contribution is 5.98. The van der Waals surface area contributed by atoms with Crippen molar-refractivity contribution >= 4 is 23.6 Å². The molecular weight excluding hydrogens is 341 g/mol. The first-order chi connectivity index (χ1) is 12.5. The van der Waals surface area contributed by atoms with Gasteiger partial charge in [-0.25, -0.2) is 9.18 Å². The molecule has 2 N–H and O–H groups in total. The SMILES string of the molecule is O=C(O)CCC1CCCCN1C(=O)c1cc(N2CCNC2=O)ccc1F. The molecule has 0 aliphatic carbocycles. The third-order valence-corrected chi connectivity index (χ3v) is 4.93. The average molecular weight is 363 g/mol. The summed E-state index contributed by atoms with van der Waals surface area (Å²) in [5, 5.41) is 11.6. The monoisotopic (exact) mass is 363 g/mol. The molecule has 0 radical (unpaired) electrons. The topological polar surface area (TPSA) is 89.9 Å². The van der Waals surface area contributed by atoms with Crippen molar-refractivity contribution in [2.75, 3.05) is 24.5 Å². The van der Waals surface area contributed by atoms with Crippen molar-refractivity contribution < 1.29 is 23.9 Å². The Balaban J connectivity index is 1.83. The van der Waals surface area contributed by atoms with Gasteiger partial charge in [0, 0.05) is 37.8 Å². The number of nitrogens with zero attached hydrogens (tertiary/aromatic N) is 2. The summed E-state index contributed by atoms with van der Waals surface area (Å²) in [5.74, 6) is -1.99. The van der Waals surface area contributed by atoms with E-state index in [1.165, 1.54) is 23.1 Å². The van der Waals surface area contributed by atoms with E-state index in [1.54, 1.807) is 4.90 Å². The molecule has 1 aromatic carbocycles. The predicted octanol–water partition coefficient (Wildman–Crippen LogP) is 2.21. The van der Waals surface area contributed by atoms with Gasteiger partial charge in [-0.3, -0.25) is 14.5 Å². The first-order valence-corrected chi connectivity index (χ1v) is 8.85. The van der Waals surface area contributed by atoms with Gasteiger partial charge in [-0.1, -0.05) is 0 Å². The van der Waals surface area contributed by atoms with E-state index in [9.17, 15) is 18.8 Å². The second kappa shape index (κ2) is 7.72. The van der Waals surface area contributed by atoms with Crippen LogP contribution >= 0.6 is 0 Å². The van der Waals surface area contributed by atoms with E-state index in [1.807, 2.05) is 0 Å². The number of carbonyl (C=O) groups is 3. The average Bonchev–Trinajstić information content (AvgIpc) is 3.06. The smallest absolute Gasteiger partial charge is 0.321 e. The lowest BCUT2D eigenvalue weighted by Crippen LogP contribution is -2.44. The third-order valence-electron chi connectivity index (χ3n) is 4.93. The molecule has 26 heavy (non-hydrogen) atoms. The fourth-order valence-electron chi connectivity index (χ4n) is 3.58. The van der Waals surface area contributed by atoms with E-state index in [4.69, 9.17) is 5.11 Å². The number of hydrogen-bond acceptors (Lipinski definition) is 3. The van der Waals surface area contributed by atoms with Crippen LogP contribution in [0.25, 0.3) is 0 Å². The molecule has 2 aliphatic rings. The van der Waals surface area contributed by atoms with E-state index >= 15 is 0 Å². The predicted molar refractivity (Wildman–Crippen MR) is 92.7 cm³/mol. The van der Waals surface area contributed by atoms with E-state index < -0.39 is 17.7 Å². The Morgan fingerprint density at radius 3 is 2.77 bits per heavy atom. The van der Waals surface area contributed by atoms with Crippen LogP contribution in [-0.4, -0.2) is 53.6 Å². The number of amides is 3. The normalized spacial score (nSPS) is 20.2. The number of likely N-dealkylation sites (tertiary alicyclic amines) is 1. The molecule has 2 saturated heterocycles. The quantitative estimate of drug-likeness (QED) is 0.839. The molecule has 7 nitrogen and oxygen atoms in total. The van der Waals surface area contributed by atoms with Crippen LogP contribution in [0.4, 0.5) is 14.9 Å². The lowest BCUT2D eigenvalue weighted by molar-refractivity contribution is -0.137. The number of carboxylic acids is 1. The number of halogens is 1. The van der Waals surface area contributed by atoms with Crippen LogP contribution in [0.15, 0.2) is 18.2 Å². The number of carboxylic acid groups (broad SMARTS) is 1. The summed E-state index contributed by atoms with van der Waals surface area (Å²) in [4.78, 5) is 38.7. The summed E-state index contributed by atoms with van der Waals surface area (Å²) in [6.45, 7) is 1.45. The largest absolute Gasteiger partial charge is 0.481 e. The molecule has 1 atom stereocenters. The minimum atomic E-state index is -0.906. The van der Waals surface area contributed by atoms with Gasteiger partial charge in [-0.15, -0.1) is 0 Å². The van der Waals surface area contributed by atoms with E-state index in [2.05, 4.69) is 5.32 Å². The van der Waals surface area contributed by atoms with Crippen LogP contribution in [0.3, 0.4) is 0 Å². The molecular formula is C18H22FN3O4. The summed E-state index contributed by atoms with van der Waals surface area (Å²) in [6.07, 6.45) is 2.78. The molecule has 0 aromatic heterocycles. The van der Waals surface area contributed by atoms with Gasteiger partial charge in [0.25, 0.3) is 5.91 Å². The highest BCUT2D eigenvalue weighted by atomic mass is 19.1. The first kappa shape index (κ1) is 18.2. The fourth-order valence-corrected chi connectivity index (χ4v) is 3.58. The Morgan fingerprint density at radius 2 is 2.08 bits per heavy atom. The van der Waals surface area contributed by atoms with Gasteiger partial charge < -0.3 is 15.3 Å². The molecule has 0 bridgehead atoms. The van der Waals surface area contributed by atoms with Gasteiger partial charge in [-0.2, -0.15) is 0 Å². The Kier molecular flexibility index (Phi) is 5.39. The highest BCUT2D eigenvalue weighted by Crippen LogP contribution is 2.26. The summed E-state index contributed by atoms with van der Waals surface area (Å²) < 4.78 is 14.3. The van der Waals surface area contributed by atoms with E-state index in [0.717, 1.165) is 19.3 Å². The third kappa shape index (κ3) is 3.79. The molecule has 8 heteroatoms. The number of benzene rings is 1. The Bertz CT molecular complexity index is 724. The van der Waals surface area contributed by atoms with Crippen LogP contribution in [0.2, 0.25) is 0 Å². The summed E-state index contributed by atoms with van der Waals surface area (Å²) in [5.41, 5.74) is 0.397. The summed E-state index contributed by atoms with van der Waals surface area (Å²) in [7, 11) is 0. The van der Waals surface area contributed by atoms with Gasteiger partial charge in [0.15, 0.2) is 0 Å². The number of urea groups is 1. The fraction of sp³-hybridized carbons (Fsp3) is 0.500.